The molecule has 0 amide bonds. The standard InChI is InChI=1S/C12H15ClO2/c1-2-3-9-11(15-12(13)14)10-7-5-4-6-8-10/h4-8,11H,2-3,9H2,1H3. The largest absolute Gasteiger partial charge is 0.445 e. The first-order chi connectivity index (χ1) is 7.24. The fraction of sp³-hybridized carbons (Fsp3) is 0.417. The van der Waals surface area contributed by atoms with E-state index >= 15 is 0 Å². The molecule has 15 heavy (non-hydrogen) atoms. The molecule has 3 heteroatoms. The molecular formula is C12H15ClO2. The molecule has 0 aliphatic rings. The van der Waals surface area contributed by atoms with Crippen molar-refractivity contribution in [1.82, 2.24) is 0 Å². The number of ether oxygens (including phenoxy) is 1. The number of rotatable bonds is 5. The third-order valence-corrected chi connectivity index (χ3v) is 2.32. The fourth-order valence-electron chi connectivity index (χ4n) is 1.46. The van der Waals surface area contributed by atoms with E-state index in [4.69, 9.17) is 16.3 Å². The lowest BCUT2D eigenvalue weighted by Crippen LogP contribution is -2.06. The van der Waals surface area contributed by atoms with E-state index in [0.29, 0.717) is 0 Å². The van der Waals surface area contributed by atoms with E-state index in [1.807, 2.05) is 30.3 Å². The van der Waals surface area contributed by atoms with Gasteiger partial charge in [-0.1, -0.05) is 43.7 Å². The highest BCUT2D eigenvalue weighted by Crippen LogP contribution is 2.24. The summed E-state index contributed by atoms with van der Waals surface area (Å²) in [6, 6.07) is 9.68. The molecule has 0 aliphatic carbocycles. The first-order valence-corrected chi connectivity index (χ1v) is 5.53. The number of carbonyl (C=O) groups is 1. The van der Waals surface area contributed by atoms with Gasteiger partial charge in [-0.3, -0.25) is 0 Å². The van der Waals surface area contributed by atoms with Crippen LogP contribution in [0.2, 0.25) is 0 Å². The van der Waals surface area contributed by atoms with Gasteiger partial charge < -0.3 is 4.74 Å². The summed E-state index contributed by atoms with van der Waals surface area (Å²) in [7, 11) is 0. The number of carbonyl (C=O) groups excluding carboxylic acids is 1. The van der Waals surface area contributed by atoms with Gasteiger partial charge in [0.1, 0.15) is 6.10 Å². The summed E-state index contributed by atoms with van der Waals surface area (Å²) in [4.78, 5) is 10.7. The van der Waals surface area contributed by atoms with Gasteiger partial charge in [0, 0.05) is 11.6 Å². The van der Waals surface area contributed by atoms with Gasteiger partial charge in [-0.15, -0.1) is 0 Å². The van der Waals surface area contributed by atoms with Gasteiger partial charge in [-0.2, -0.15) is 0 Å². The van der Waals surface area contributed by atoms with Crippen LogP contribution in [0.3, 0.4) is 0 Å². The van der Waals surface area contributed by atoms with Crippen LogP contribution in [0.15, 0.2) is 30.3 Å². The van der Waals surface area contributed by atoms with E-state index in [-0.39, 0.29) is 6.10 Å². The first-order valence-electron chi connectivity index (χ1n) is 5.15. The smallest absolute Gasteiger partial charge is 0.404 e. The van der Waals surface area contributed by atoms with Crippen molar-refractivity contribution in [3.63, 3.8) is 0 Å². The van der Waals surface area contributed by atoms with Crippen LogP contribution in [0.4, 0.5) is 4.79 Å². The minimum Gasteiger partial charge on any atom is -0.445 e. The number of halogens is 1. The molecule has 0 bridgehead atoms. The van der Waals surface area contributed by atoms with Crippen molar-refractivity contribution in [3.05, 3.63) is 35.9 Å². The van der Waals surface area contributed by atoms with Crippen LogP contribution in [-0.4, -0.2) is 5.43 Å². The zero-order valence-corrected chi connectivity index (χ0v) is 9.54. The highest BCUT2D eigenvalue weighted by Gasteiger charge is 2.14. The summed E-state index contributed by atoms with van der Waals surface area (Å²) in [5, 5.41) is 0. The maximum atomic E-state index is 10.7. The van der Waals surface area contributed by atoms with Gasteiger partial charge in [0.2, 0.25) is 0 Å². The minimum absolute atomic E-state index is 0.212. The lowest BCUT2D eigenvalue weighted by atomic mass is 10.0. The van der Waals surface area contributed by atoms with E-state index in [1.54, 1.807) is 0 Å². The Labute approximate surface area is 95.2 Å². The summed E-state index contributed by atoms with van der Waals surface area (Å²) in [6.45, 7) is 2.10. The van der Waals surface area contributed by atoms with Crippen molar-refractivity contribution in [2.45, 2.75) is 32.3 Å². The monoisotopic (exact) mass is 226 g/mol. The van der Waals surface area contributed by atoms with Gasteiger partial charge in [0.25, 0.3) is 0 Å². The normalized spacial score (nSPS) is 12.1. The van der Waals surface area contributed by atoms with Gasteiger partial charge >= 0.3 is 5.43 Å². The second kappa shape index (κ2) is 6.46. The molecule has 82 valence electrons. The lowest BCUT2D eigenvalue weighted by Gasteiger charge is -2.15. The Morgan fingerprint density at radius 1 is 1.40 bits per heavy atom. The van der Waals surface area contributed by atoms with Crippen molar-refractivity contribution >= 4 is 17.0 Å². The molecule has 0 radical (unpaired) electrons. The lowest BCUT2D eigenvalue weighted by molar-refractivity contribution is 0.114. The second-order valence-corrected chi connectivity index (χ2v) is 3.71. The summed E-state index contributed by atoms with van der Waals surface area (Å²) >= 11 is 5.24. The molecule has 0 saturated heterocycles. The predicted octanol–water partition coefficient (Wildman–Crippen LogP) is 4.29. The second-order valence-electron chi connectivity index (χ2n) is 3.40. The zero-order valence-electron chi connectivity index (χ0n) is 8.78. The van der Waals surface area contributed by atoms with Gasteiger partial charge in [0.05, 0.1) is 0 Å². The maximum absolute atomic E-state index is 10.7. The number of unbranched alkanes of at least 4 members (excludes halogenated alkanes) is 1. The molecular weight excluding hydrogens is 212 g/mol. The predicted molar refractivity (Wildman–Crippen MR) is 61.0 cm³/mol. The number of benzene rings is 1. The quantitative estimate of drug-likeness (QED) is 0.700. The van der Waals surface area contributed by atoms with Crippen LogP contribution in [0.1, 0.15) is 37.9 Å². The van der Waals surface area contributed by atoms with E-state index in [2.05, 4.69) is 6.92 Å². The van der Waals surface area contributed by atoms with E-state index in [1.165, 1.54) is 0 Å². The van der Waals surface area contributed by atoms with E-state index in [9.17, 15) is 4.79 Å². The summed E-state index contributed by atoms with van der Waals surface area (Å²) in [5.74, 6) is 0. The average Bonchev–Trinajstić information content (AvgIpc) is 2.25. The Hall–Kier alpha value is -1.02. The topological polar surface area (TPSA) is 26.3 Å². The van der Waals surface area contributed by atoms with Gasteiger partial charge in [0.15, 0.2) is 0 Å². The number of hydrogen-bond acceptors (Lipinski definition) is 2. The van der Waals surface area contributed by atoms with Crippen LogP contribution >= 0.6 is 11.6 Å². The summed E-state index contributed by atoms with van der Waals surface area (Å²) in [5.41, 5.74) is 0.264. The minimum atomic E-state index is -0.736. The molecule has 0 aliphatic heterocycles. The summed E-state index contributed by atoms with van der Waals surface area (Å²) < 4.78 is 5.06. The Kier molecular flexibility index (Phi) is 5.19. The van der Waals surface area contributed by atoms with Crippen LogP contribution in [0.5, 0.6) is 0 Å². The van der Waals surface area contributed by atoms with Gasteiger partial charge in [-0.05, 0) is 18.4 Å². The first kappa shape index (κ1) is 12.1. The SMILES string of the molecule is CCCCC(OC(=O)Cl)c1ccccc1. The highest BCUT2D eigenvalue weighted by molar-refractivity contribution is 6.61. The van der Waals surface area contributed by atoms with E-state index in [0.717, 1.165) is 24.8 Å². The highest BCUT2D eigenvalue weighted by atomic mass is 35.5. The third kappa shape index (κ3) is 4.34. The van der Waals surface area contributed by atoms with Crippen LogP contribution in [0, 0.1) is 0 Å². The van der Waals surface area contributed by atoms with E-state index < -0.39 is 5.43 Å². The van der Waals surface area contributed by atoms with Crippen LogP contribution in [0.25, 0.3) is 0 Å². The number of hydrogen-bond donors (Lipinski definition) is 0. The Bertz CT molecular complexity index is 298. The van der Waals surface area contributed by atoms with Gasteiger partial charge in [-0.25, -0.2) is 4.79 Å². The molecule has 1 atom stereocenters. The third-order valence-electron chi connectivity index (χ3n) is 2.23. The van der Waals surface area contributed by atoms with Crippen LogP contribution < -0.4 is 0 Å². The maximum Gasteiger partial charge on any atom is 0.404 e. The van der Waals surface area contributed by atoms with Crippen molar-refractivity contribution < 1.29 is 9.53 Å². The Morgan fingerprint density at radius 2 is 2.07 bits per heavy atom. The molecule has 0 saturated carbocycles. The molecule has 0 fully saturated rings. The molecule has 0 aromatic heterocycles. The molecule has 1 aromatic carbocycles. The average molecular weight is 227 g/mol. The summed E-state index contributed by atoms with van der Waals surface area (Å²) in [6.07, 6.45) is 2.70. The molecule has 0 spiro atoms. The van der Waals surface area contributed by atoms with Crippen molar-refractivity contribution in [1.29, 1.82) is 0 Å². The Balaban J connectivity index is 2.67. The Morgan fingerprint density at radius 3 is 2.60 bits per heavy atom. The zero-order chi connectivity index (χ0) is 11.1. The van der Waals surface area contributed by atoms with Crippen molar-refractivity contribution in [3.8, 4) is 0 Å². The van der Waals surface area contributed by atoms with Crippen molar-refractivity contribution in [2.24, 2.45) is 0 Å². The molecule has 0 heterocycles. The molecule has 1 rings (SSSR count). The van der Waals surface area contributed by atoms with Crippen LogP contribution in [-0.2, 0) is 4.74 Å². The molecule has 2 nitrogen and oxygen atoms in total. The fourth-order valence-corrected chi connectivity index (χ4v) is 1.57. The molecule has 1 unspecified atom stereocenters. The molecule has 0 N–H and O–H groups in total. The van der Waals surface area contributed by atoms with Crippen molar-refractivity contribution in [2.75, 3.05) is 0 Å². The molecule has 1 aromatic rings.